The molecular formula is C8H18BO5PS. The maximum atomic E-state index is 9.62. The van der Waals surface area contributed by atoms with E-state index in [-0.39, 0.29) is 24.3 Å². The molecule has 0 amide bonds. The highest BCUT2D eigenvalue weighted by atomic mass is 32.5. The molecule has 1 fully saturated rings. The molecule has 0 aliphatic carbocycles. The maximum absolute atomic E-state index is 9.62. The highest BCUT2D eigenvalue weighted by molar-refractivity contribution is 8.09. The molecule has 0 saturated carbocycles. The van der Waals surface area contributed by atoms with Crippen LogP contribution in [0.4, 0.5) is 0 Å². The van der Waals surface area contributed by atoms with E-state index in [2.05, 4.69) is 0 Å². The second-order valence-corrected chi connectivity index (χ2v) is 7.76. The van der Waals surface area contributed by atoms with Crippen LogP contribution < -0.4 is 0 Å². The van der Waals surface area contributed by atoms with Crippen molar-refractivity contribution in [3.8, 4) is 0 Å². The van der Waals surface area contributed by atoms with Crippen LogP contribution in [0.3, 0.4) is 0 Å². The topological polar surface area (TPSA) is 57.2 Å². The summed E-state index contributed by atoms with van der Waals surface area (Å²) in [4.78, 5) is 9.62. The molecule has 16 heavy (non-hydrogen) atoms. The number of hydrogen-bond acceptors (Lipinski definition) is 5. The minimum absolute atomic E-state index is 0.100. The zero-order valence-electron chi connectivity index (χ0n) is 9.95. The average molecular weight is 268 g/mol. The van der Waals surface area contributed by atoms with Crippen molar-refractivity contribution in [3.05, 3.63) is 0 Å². The molecule has 1 saturated heterocycles. The predicted molar refractivity (Wildman–Crippen MR) is 67.2 cm³/mol. The van der Waals surface area contributed by atoms with Crippen molar-refractivity contribution in [1.82, 2.24) is 0 Å². The first kappa shape index (κ1) is 14.6. The van der Waals surface area contributed by atoms with Crippen molar-refractivity contribution in [2.75, 3.05) is 27.5 Å². The second kappa shape index (κ2) is 5.91. The quantitative estimate of drug-likeness (QED) is 0.527. The van der Waals surface area contributed by atoms with Crippen LogP contribution in [0, 0.1) is 0 Å². The molecule has 8 heteroatoms. The molecule has 0 aromatic carbocycles. The maximum Gasteiger partial charge on any atom is 0.183 e. The number of ether oxygens (including phenoxy) is 3. The van der Waals surface area contributed by atoms with E-state index in [0.717, 1.165) is 0 Å². The SMILES string of the molecule is B[C@@H]1O[C@H](COC)[C@@H](OP(C)(O)=S)[C@H]1OC. The third-order valence-electron chi connectivity index (χ3n) is 2.46. The van der Waals surface area contributed by atoms with Gasteiger partial charge in [0.2, 0.25) is 0 Å². The van der Waals surface area contributed by atoms with Crippen LogP contribution in [-0.4, -0.2) is 64.5 Å². The van der Waals surface area contributed by atoms with Crippen LogP contribution in [0.5, 0.6) is 0 Å². The molecular weight excluding hydrogens is 250 g/mol. The molecule has 1 aliphatic rings. The highest BCUT2D eigenvalue weighted by Gasteiger charge is 2.44. The molecule has 1 heterocycles. The minimum Gasteiger partial charge on any atom is -0.382 e. The van der Waals surface area contributed by atoms with Crippen LogP contribution in [0.2, 0.25) is 0 Å². The Morgan fingerprint density at radius 3 is 2.50 bits per heavy atom. The smallest absolute Gasteiger partial charge is 0.183 e. The molecule has 0 bridgehead atoms. The summed E-state index contributed by atoms with van der Waals surface area (Å²) < 4.78 is 21.5. The molecule has 1 unspecified atom stereocenters. The second-order valence-electron chi connectivity index (χ2n) is 3.91. The zero-order chi connectivity index (χ0) is 12.3. The summed E-state index contributed by atoms with van der Waals surface area (Å²) in [5, 5.41) is 0. The first-order chi connectivity index (χ1) is 7.39. The molecule has 94 valence electrons. The third-order valence-corrected chi connectivity index (χ3v) is 3.36. The summed E-state index contributed by atoms with van der Waals surface area (Å²) in [6, 6.07) is -0.100. The highest BCUT2D eigenvalue weighted by Crippen LogP contribution is 2.43. The lowest BCUT2D eigenvalue weighted by Gasteiger charge is -2.25. The molecule has 0 aromatic heterocycles. The average Bonchev–Trinajstić information content (AvgIpc) is 2.41. The lowest BCUT2D eigenvalue weighted by molar-refractivity contribution is -0.0129. The van der Waals surface area contributed by atoms with Crippen molar-refractivity contribution < 1.29 is 23.6 Å². The monoisotopic (exact) mass is 268 g/mol. The van der Waals surface area contributed by atoms with E-state index >= 15 is 0 Å². The van der Waals surface area contributed by atoms with E-state index in [1.54, 1.807) is 14.2 Å². The summed E-state index contributed by atoms with van der Waals surface area (Å²) >= 11 is 4.89. The van der Waals surface area contributed by atoms with Crippen molar-refractivity contribution in [2.45, 2.75) is 24.3 Å². The fourth-order valence-corrected chi connectivity index (χ4v) is 2.89. The molecule has 1 rings (SSSR count). The number of methoxy groups -OCH3 is 2. The Balaban J connectivity index is 2.75. The van der Waals surface area contributed by atoms with Crippen LogP contribution in [0.15, 0.2) is 0 Å². The predicted octanol–water partition coefficient (Wildman–Crippen LogP) is -0.677. The summed E-state index contributed by atoms with van der Waals surface area (Å²) in [6.45, 7) is -0.826. The summed E-state index contributed by atoms with van der Waals surface area (Å²) in [5.74, 6) is 0. The molecule has 0 spiro atoms. The van der Waals surface area contributed by atoms with Crippen LogP contribution in [0.25, 0.3) is 0 Å². The Morgan fingerprint density at radius 2 is 2.06 bits per heavy atom. The van der Waals surface area contributed by atoms with Crippen molar-refractivity contribution >= 4 is 26.1 Å². The lowest BCUT2D eigenvalue weighted by atomic mass is 9.93. The van der Waals surface area contributed by atoms with E-state index in [9.17, 15) is 4.89 Å². The van der Waals surface area contributed by atoms with Gasteiger partial charge < -0.3 is 23.6 Å². The Labute approximate surface area is 102 Å². The van der Waals surface area contributed by atoms with Crippen molar-refractivity contribution in [1.29, 1.82) is 0 Å². The minimum atomic E-state index is -2.74. The third kappa shape index (κ3) is 3.77. The van der Waals surface area contributed by atoms with E-state index < -0.39 is 6.49 Å². The van der Waals surface area contributed by atoms with E-state index in [1.165, 1.54) is 6.66 Å². The van der Waals surface area contributed by atoms with Gasteiger partial charge >= 0.3 is 0 Å². The first-order valence-corrected chi connectivity index (χ1v) is 8.17. The Morgan fingerprint density at radius 1 is 1.44 bits per heavy atom. The van der Waals surface area contributed by atoms with Crippen LogP contribution in [-0.2, 0) is 30.5 Å². The molecule has 5 atom stereocenters. The Hall–Kier alpha value is 0.515. The van der Waals surface area contributed by atoms with Gasteiger partial charge in [-0.1, -0.05) is 0 Å². The van der Waals surface area contributed by atoms with Gasteiger partial charge in [0.05, 0.1) is 12.6 Å². The van der Waals surface area contributed by atoms with Gasteiger partial charge in [-0.25, -0.2) is 0 Å². The van der Waals surface area contributed by atoms with Gasteiger partial charge in [-0.15, -0.1) is 0 Å². The van der Waals surface area contributed by atoms with Crippen LogP contribution in [0.1, 0.15) is 0 Å². The summed E-state index contributed by atoms with van der Waals surface area (Å²) in [7, 11) is 5.08. The fourth-order valence-electron chi connectivity index (χ4n) is 1.89. The van der Waals surface area contributed by atoms with E-state index in [1.807, 2.05) is 7.85 Å². The molecule has 1 N–H and O–H groups in total. The molecule has 0 radical (unpaired) electrons. The largest absolute Gasteiger partial charge is 0.382 e. The normalized spacial score (nSPS) is 38.5. The van der Waals surface area contributed by atoms with Crippen molar-refractivity contribution in [3.63, 3.8) is 0 Å². The Bertz CT molecular complexity index is 273. The lowest BCUT2D eigenvalue weighted by Crippen LogP contribution is -2.37. The van der Waals surface area contributed by atoms with Gasteiger partial charge in [-0.05, 0) is 11.8 Å². The fraction of sp³-hybridized carbons (Fsp3) is 1.00. The molecule has 5 nitrogen and oxygen atoms in total. The molecule has 1 aliphatic heterocycles. The Kier molecular flexibility index (Phi) is 5.39. The molecule has 0 aromatic rings. The van der Waals surface area contributed by atoms with E-state index in [4.69, 9.17) is 30.5 Å². The summed E-state index contributed by atoms with van der Waals surface area (Å²) in [6.07, 6.45) is -0.852. The standard InChI is InChI=1S/C8H18BO5PS/c1-11-4-5-6(14-15(3,10)16)7(12-2)8(9)13-5/h5-8H,4,9H2,1-3H3,(H,10,16)/t5-,6-,7-,8-,15?/m1/s1. The summed E-state index contributed by atoms with van der Waals surface area (Å²) in [5.41, 5.74) is 0. The number of hydrogen-bond donors (Lipinski definition) is 1. The van der Waals surface area contributed by atoms with Gasteiger partial charge in [-0.3, -0.25) is 0 Å². The van der Waals surface area contributed by atoms with Crippen molar-refractivity contribution in [2.24, 2.45) is 0 Å². The van der Waals surface area contributed by atoms with Gasteiger partial charge in [-0.2, -0.15) is 0 Å². The van der Waals surface area contributed by atoms with Gasteiger partial charge in [0, 0.05) is 20.9 Å². The van der Waals surface area contributed by atoms with Gasteiger partial charge in [0.25, 0.3) is 0 Å². The van der Waals surface area contributed by atoms with Gasteiger partial charge in [0.15, 0.2) is 6.49 Å². The first-order valence-electron chi connectivity index (χ1n) is 5.05. The van der Waals surface area contributed by atoms with Crippen LogP contribution >= 0.6 is 6.49 Å². The van der Waals surface area contributed by atoms with E-state index in [0.29, 0.717) is 6.61 Å². The number of rotatable bonds is 5. The zero-order valence-corrected chi connectivity index (χ0v) is 11.7. The van der Waals surface area contributed by atoms with Gasteiger partial charge in [0.1, 0.15) is 26.2 Å².